The molecule has 0 fully saturated rings. The summed E-state index contributed by atoms with van der Waals surface area (Å²) in [5.41, 5.74) is 2.02. The number of carbonyl (C=O) groups excluding carboxylic acids is 1. The Balaban J connectivity index is 2.01. The van der Waals surface area contributed by atoms with Crippen molar-refractivity contribution < 1.29 is 29.6 Å². The van der Waals surface area contributed by atoms with Crippen molar-refractivity contribution in [3.8, 4) is 23.0 Å². The van der Waals surface area contributed by atoms with Crippen LogP contribution in [0.1, 0.15) is 22.4 Å². The molecule has 0 aliphatic carbocycles. The van der Waals surface area contributed by atoms with Crippen molar-refractivity contribution >= 4 is 12.0 Å². The minimum atomic E-state index is -0.367. The number of benzene rings is 1. The Hall–Kier alpha value is -3.52. The number of amides is 1. The van der Waals surface area contributed by atoms with Crippen LogP contribution in [-0.2, 0) is 17.9 Å². The number of nitrogens with zero attached hydrogens (tertiary/aromatic N) is 1. The van der Waals surface area contributed by atoms with Gasteiger partial charge < -0.3 is 30.1 Å². The molecule has 154 valence electrons. The van der Waals surface area contributed by atoms with Gasteiger partial charge >= 0.3 is 0 Å². The third-order valence-electron chi connectivity index (χ3n) is 4.19. The van der Waals surface area contributed by atoms with Crippen LogP contribution in [0.2, 0.25) is 0 Å². The minimum Gasteiger partial charge on any atom is -0.506 e. The van der Waals surface area contributed by atoms with Gasteiger partial charge in [0.2, 0.25) is 11.7 Å². The number of hydrogen-bond acceptors (Lipinski definition) is 7. The summed E-state index contributed by atoms with van der Waals surface area (Å²) in [5, 5.41) is 32.0. The molecule has 0 saturated heterocycles. The van der Waals surface area contributed by atoms with E-state index in [1.54, 1.807) is 37.3 Å². The second-order valence-corrected chi connectivity index (χ2v) is 6.06. The van der Waals surface area contributed by atoms with Crippen LogP contribution in [0.4, 0.5) is 0 Å². The van der Waals surface area contributed by atoms with Gasteiger partial charge in [-0.15, -0.1) is 0 Å². The van der Waals surface area contributed by atoms with Gasteiger partial charge in [0.05, 0.1) is 26.5 Å². The molecule has 1 aromatic carbocycles. The van der Waals surface area contributed by atoms with E-state index >= 15 is 0 Å². The first-order valence-corrected chi connectivity index (χ1v) is 8.76. The van der Waals surface area contributed by atoms with Crippen molar-refractivity contribution in [3.05, 3.63) is 58.9 Å². The Morgan fingerprint density at radius 1 is 1.14 bits per heavy atom. The number of aromatic nitrogens is 1. The van der Waals surface area contributed by atoms with Crippen molar-refractivity contribution in [2.24, 2.45) is 0 Å². The number of rotatable bonds is 8. The number of hydrogen-bond donors (Lipinski definition) is 4. The lowest BCUT2D eigenvalue weighted by molar-refractivity contribution is -0.116. The normalized spacial score (nSPS) is 11.2. The molecule has 0 radical (unpaired) electrons. The van der Waals surface area contributed by atoms with Gasteiger partial charge in [0, 0.05) is 29.9 Å². The Labute approximate surface area is 168 Å². The summed E-state index contributed by atoms with van der Waals surface area (Å²) >= 11 is 0. The van der Waals surface area contributed by atoms with Crippen LogP contribution in [0.3, 0.4) is 0 Å². The lowest BCUT2D eigenvalue weighted by Crippen LogP contribution is -2.21. The first-order valence-electron chi connectivity index (χ1n) is 8.76. The first-order chi connectivity index (χ1) is 13.9. The molecular weight excluding hydrogens is 376 g/mol. The van der Waals surface area contributed by atoms with E-state index in [2.05, 4.69) is 10.3 Å². The number of methoxy groups -OCH3 is 2. The first kappa shape index (κ1) is 21.8. The lowest BCUT2D eigenvalue weighted by Gasteiger charge is -2.11. The molecule has 0 bridgehead atoms. The van der Waals surface area contributed by atoms with Crippen LogP contribution >= 0.6 is 0 Å². The zero-order valence-corrected chi connectivity index (χ0v) is 16.5. The quantitative estimate of drug-likeness (QED) is 0.396. The standard InChI is InChI=1S/C21H24N2O6/c1-13-20(26)16(15(12-24)10-22-13)11-23-19(25)7-5-4-6-14-8-17(28-2)21(27)18(9-14)29-3/h4-10,24,26-27H,11-12H2,1-3H3,(H,23,25)/b6-4+,7-5+. The van der Waals surface area contributed by atoms with E-state index in [0.29, 0.717) is 22.4 Å². The van der Waals surface area contributed by atoms with Crippen LogP contribution in [0.25, 0.3) is 6.08 Å². The Morgan fingerprint density at radius 2 is 1.79 bits per heavy atom. The number of aromatic hydroxyl groups is 2. The molecule has 8 heteroatoms. The third-order valence-corrected chi connectivity index (χ3v) is 4.19. The molecule has 1 heterocycles. The lowest BCUT2D eigenvalue weighted by atomic mass is 10.1. The van der Waals surface area contributed by atoms with E-state index in [9.17, 15) is 20.1 Å². The fraction of sp³-hybridized carbons (Fsp3) is 0.238. The van der Waals surface area contributed by atoms with Gasteiger partial charge in [0.25, 0.3) is 0 Å². The van der Waals surface area contributed by atoms with Gasteiger partial charge in [-0.2, -0.15) is 0 Å². The summed E-state index contributed by atoms with van der Waals surface area (Å²) in [4.78, 5) is 16.0. The fourth-order valence-corrected chi connectivity index (χ4v) is 2.57. The number of aryl methyl sites for hydroxylation is 1. The van der Waals surface area contributed by atoms with Crippen molar-refractivity contribution in [1.29, 1.82) is 0 Å². The summed E-state index contributed by atoms with van der Waals surface area (Å²) in [7, 11) is 2.88. The van der Waals surface area contributed by atoms with Gasteiger partial charge in [0.1, 0.15) is 5.75 Å². The molecule has 4 N–H and O–H groups in total. The summed E-state index contributed by atoms with van der Waals surface area (Å²) in [6, 6.07) is 3.26. The van der Waals surface area contributed by atoms with E-state index in [1.165, 1.54) is 26.5 Å². The van der Waals surface area contributed by atoms with Gasteiger partial charge in [-0.25, -0.2) is 0 Å². The van der Waals surface area contributed by atoms with E-state index < -0.39 is 0 Å². The van der Waals surface area contributed by atoms with Crippen LogP contribution in [0, 0.1) is 6.92 Å². The molecule has 0 spiro atoms. The van der Waals surface area contributed by atoms with E-state index in [1.807, 2.05) is 0 Å². The van der Waals surface area contributed by atoms with Crippen LogP contribution in [0.5, 0.6) is 23.0 Å². The maximum atomic E-state index is 12.0. The molecule has 8 nitrogen and oxygen atoms in total. The molecule has 0 saturated carbocycles. The highest BCUT2D eigenvalue weighted by atomic mass is 16.5. The number of phenols is 1. The molecule has 0 aliphatic rings. The number of phenolic OH excluding ortho intramolecular Hbond substituents is 1. The Bertz CT molecular complexity index is 912. The second-order valence-electron chi connectivity index (χ2n) is 6.06. The molecule has 0 atom stereocenters. The number of aliphatic hydroxyl groups excluding tert-OH is 1. The number of ether oxygens (including phenoxy) is 2. The van der Waals surface area contributed by atoms with Crippen molar-refractivity contribution in [2.75, 3.05) is 14.2 Å². The Kier molecular flexibility index (Phi) is 7.62. The summed E-state index contributed by atoms with van der Waals surface area (Å²) < 4.78 is 10.2. The highest BCUT2D eigenvalue weighted by Crippen LogP contribution is 2.37. The number of pyridine rings is 1. The zero-order valence-electron chi connectivity index (χ0n) is 16.5. The zero-order chi connectivity index (χ0) is 21.4. The van der Waals surface area contributed by atoms with Crippen LogP contribution < -0.4 is 14.8 Å². The summed E-state index contributed by atoms with van der Waals surface area (Å²) in [5.74, 6) is 0.0545. The second kappa shape index (κ2) is 10.1. The Morgan fingerprint density at radius 3 is 2.38 bits per heavy atom. The predicted molar refractivity (Wildman–Crippen MR) is 108 cm³/mol. The van der Waals surface area contributed by atoms with E-state index in [4.69, 9.17) is 9.47 Å². The topological polar surface area (TPSA) is 121 Å². The number of aliphatic hydroxyl groups is 1. The smallest absolute Gasteiger partial charge is 0.244 e. The van der Waals surface area contributed by atoms with Gasteiger partial charge in [-0.05, 0) is 24.6 Å². The highest BCUT2D eigenvalue weighted by Gasteiger charge is 2.12. The molecule has 2 rings (SSSR count). The maximum Gasteiger partial charge on any atom is 0.244 e. The van der Waals surface area contributed by atoms with Crippen LogP contribution in [-0.4, -0.2) is 40.4 Å². The molecule has 2 aromatic rings. The maximum absolute atomic E-state index is 12.0. The van der Waals surface area contributed by atoms with Crippen molar-refractivity contribution in [2.45, 2.75) is 20.1 Å². The van der Waals surface area contributed by atoms with Crippen LogP contribution in [0.15, 0.2) is 36.6 Å². The van der Waals surface area contributed by atoms with E-state index in [0.717, 1.165) is 0 Å². The summed E-state index contributed by atoms with van der Waals surface area (Å²) in [6.07, 6.45) is 7.71. The average Bonchev–Trinajstić information content (AvgIpc) is 2.72. The molecule has 0 aliphatic heterocycles. The monoisotopic (exact) mass is 400 g/mol. The van der Waals surface area contributed by atoms with Gasteiger partial charge in [-0.3, -0.25) is 9.78 Å². The number of nitrogens with one attached hydrogen (secondary N) is 1. The fourth-order valence-electron chi connectivity index (χ4n) is 2.57. The highest BCUT2D eigenvalue weighted by molar-refractivity contribution is 5.88. The van der Waals surface area contributed by atoms with Gasteiger partial charge in [0.15, 0.2) is 11.5 Å². The average molecular weight is 400 g/mol. The number of allylic oxidation sites excluding steroid dienone is 2. The largest absolute Gasteiger partial charge is 0.506 e. The SMILES string of the molecule is COc1cc(/C=C/C=C/C(=O)NCc2c(CO)cnc(C)c2O)cc(OC)c1O. The third kappa shape index (κ3) is 5.49. The van der Waals surface area contributed by atoms with Gasteiger partial charge in [-0.1, -0.05) is 18.2 Å². The van der Waals surface area contributed by atoms with Crippen molar-refractivity contribution in [1.82, 2.24) is 10.3 Å². The molecular formula is C21H24N2O6. The minimum absolute atomic E-state index is 0.0454. The molecule has 1 aromatic heterocycles. The molecule has 29 heavy (non-hydrogen) atoms. The van der Waals surface area contributed by atoms with E-state index in [-0.39, 0.29) is 42.1 Å². The molecule has 1 amide bonds. The summed E-state index contributed by atoms with van der Waals surface area (Å²) in [6.45, 7) is 1.41. The van der Waals surface area contributed by atoms with Crippen molar-refractivity contribution in [3.63, 3.8) is 0 Å². The molecule has 0 unspecified atom stereocenters. The predicted octanol–water partition coefficient (Wildman–Crippen LogP) is 2.20. The number of carbonyl (C=O) groups is 1.